The van der Waals surface area contributed by atoms with Crippen LogP contribution in [0.5, 0.6) is 0 Å². The molecule has 0 aromatic carbocycles. The van der Waals surface area contributed by atoms with Crippen LogP contribution in [-0.2, 0) is 16.9 Å². The molecule has 1 heterocycles. The minimum atomic E-state index is -3.20. The smallest absolute Gasteiger partial charge is 0.154 e. The fraction of sp³-hybridized carbons (Fsp3) is 0.700. The standard InChI is InChI=1S/C10H18BrN3O2S/c1-10(2,17(5,15)16)9(12-3)8-7(11)6-13-14(8)4/h6,9,12H,1-5H3. The molecular weight excluding hydrogens is 306 g/mol. The van der Waals surface area contributed by atoms with Crippen LogP contribution in [-0.4, -0.2) is 36.2 Å². The zero-order valence-electron chi connectivity index (χ0n) is 10.7. The Hall–Kier alpha value is -0.400. The van der Waals surface area contributed by atoms with Gasteiger partial charge in [-0.05, 0) is 36.8 Å². The summed E-state index contributed by atoms with van der Waals surface area (Å²) < 4.78 is 25.3. The van der Waals surface area contributed by atoms with E-state index in [0.29, 0.717) is 0 Å². The summed E-state index contributed by atoms with van der Waals surface area (Å²) in [6, 6.07) is -0.334. The maximum Gasteiger partial charge on any atom is 0.154 e. The van der Waals surface area contributed by atoms with E-state index in [1.54, 1.807) is 38.8 Å². The van der Waals surface area contributed by atoms with Crippen molar-refractivity contribution in [2.24, 2.45) is 7.05 Å². The lowest BCUT2D eigenvalue weighted by Gasteiger charge is -2.32. The molecule has 1 aromatic heterocycles. The highest BCUT2D eigenvalue weighted by atomic mass is 79.9. The minimum absolute atomic E-state index is 0.334. The van der Waals surface area contributed by atoms with Gasteiger partial charge in [-0.25, -0.2) is 8.42 Å². The number of sulfone groups is 1. The first-order valence-electron chi connectivity index (χ1n) is 5.17. The molecule has 1 N–H and O–H groups in total. The van der Waals surface area contributed by atoms with E-state index in [-0.39, 0.29) is 6.04 Å². The Bertz CT molecular complexity index is 488. The van der Waals surface area contributed by atoms with Crippen LogP contribution in [0.2, 0.25) is 0 Å². The van der Waals surface area contributed by atoms with Gasteiger partial charge in [0.15, 0.2) is 9.84 Å². The average Bonchev–Trinajstić information content (AvgIpc) is 2.48. The van der Waals surface area contributed by atoms with E-state index in [2.05, 4.69) is 26.3 Å². The van der Waals surface area contributed by atoms with Crippen molar-refractivity contribution >= 4 is 25.8 Å². The number of aryl methyl sites for hydroxylation is 1. The van der Waals surface area contributed by atoms with E-state index in [4.69, 9.17) is 0 Å². The van der Waals surface area contributed by atoms with Crippen molar-refractivity contribution in [2.75, 3.05) is 13.3 Å². The number of hydrogen-bond donors (Lipinski definition) is 1. The van der Waals surface area contributed by atoms with Crippen molar-refractivity contribution in [3.63, 3.8) is 0 Å². The lowest BCUT2D eigenvalue weighted by atomic mass is 10.00. The molecule has 98 valence electrons. The second-order valence-electron chi connectivity index (χ2n) is 4.60. The molecule has 5 nitrogen and oxygen atoms in total. The minimum Gasteiger partial charge on any atom is -0.310 e. The second-order valence-corrected chi connectivity index (χ2v) is 8.05. The normalized spacial score (nSPS) is 14.9. The summed E-state index contributed by atoms with van der Waals surface area (Å²) in [4.78, 5) is 0. The largest absolute Gasteiger partial charge is 0.310 e. The highest BCUT2D eigenvalue weighted by Crippen LogP contribution is 2.35. The first kappa shape index (κ1) is 14.7. The number of halogens is 1. The van der Waals surface area contributed by atoms with E-state index in [1.807, 2.05) is 0 Å². The molecule has 0 amide bonds. The van der Waals surface area contributed by atoms with E-state index < -0.39 is 14.6 Å². The Balaban J connectivity index is 3.36. The second kappa shape index (κ2) is 4.70. The van der Waals surface area contributed by atoms with Crippen molar-refractivity contribution in [3.8, 4) is 0 Å². The predicted octanol–water partition coefficient (Wildman–Crippen LogP) is 1.27. The van der Waals surface area contributed by atoms with Crippen molar-refractivity contribution in [1.29, 1.82) is 0 Å². The van der Waals surface area contributed by atoms with E-state index in [0.717, 1.165) is 10.2 Å². The molecule has 0 bridgehead atoms. The summed E-state index contributed by atoms with van der Waals surface area (Å²) >= 11 is 3.40. The molecule has 0 saturated carbocycles. The summed E-state index contributed by atoms with van der Waals surface area (Å²) in [5.41, 5.74) is 0.822. The third-order valence-electron chi connectivity index (χ3n) is 3.15. The number of nitrogens with one attached hydrogen (secondary N) is 1. The summed E-state index contributed by atoms with van der Waals surface area (Å²) in [5, 5.41) is 7.18. The highest BCUT2D eigenvalue weighted by Gasteiger charge is 2.41. The van der Waals surface area contributed by atoms with Gasteiger partial charge in [0.25, 0.3) is 0 Å². The van der Waals surface area contributed by atoms with Gasteiger partial charge in [-0.2, -0.15) is 5.10 Å². The molecule has 0 saturated heterocycles. The molecule has 17 heavy (non-hydrogen) atoms. The molecule has 0 aliphatic rings. The van der Waals surface area contributed by atoms with E-state index in [1.165, 1.54) is 6.26 Å². The van der Waals surface area contributed by atoms with Gasteiger partial charge in [-0.15, -0.1) is 0 Å². The molecule has 7 heteroatoms. The van der Waals surface area contributed by atoms with Crippen LogP contribution in [0.4, 0.5) is 0 Å². The summed E-state index contributed by atoms with van der Waals surface area (Å²) in [6.07, 6.45) is 2.92. The molecule has 1 unspecified atom stereocenters. The number of hydrogen-bond acceptors (Lipinski definition) is 4. The molecule has 0 aliphatic heterocycles. The van der Waals surface area contributed by atoms with Crippen LogP contribution in [0.15, 0.2) is 10.7 Å². The third kappa shape index (κ3) is 2.56. The third-order valence-corrected chi connectivity index (χ3v) is 5.91. The van der Waals surface area contributed by atoms with E-state index in [9.17, 15) is 8.42 Å². The molecule has 0 radical (unpaired) electrons. The first-order valence-corrected chi connectivity index (χ1v) is 7.85. The van der Waals surface area contributed by atoms with Crippen LogP contribution in [0, 0.1) is 0 Å². The van der Waals surface area contributed by atoms with Crippen molar-refractivity contribution in [1.82, 2.24) is 15.1 Å². The lowest BCUT2D eigenvalue weighted by Crippen LogP contribution is -2.44. The molecule has 1 rings (SSSR count). The fourth-order valence-electron chi connectivity index (χ4n) is 1.77. The topological polar surface area (TPSA) is 64.0 Å². The molecule has 0 fully saturated rings. The molecule has 0 spiro atoms. The Morgan fingerprint density at radius 1 is 1.53 bits per heavy atom. The Labute approximate surface area is 111 Å². The van der Waals surface area contributed by atoms with Crippen LogP contribution in [0.3, 0.4) is 0 Å². The number of nitrogens with zero attached hydrogens (tertiary/aromatic N) is 2. The summed E-state index contributed by atoms with van der Waals surface area (Å²) in [5.74, 6) is 0. The fourth-order valence-corrected chi connectivity index (χ4v) is 3.01. The zero-order chi connectivity index (χ0) is 13.4. The van der Waals surface area contributed by atoms with Crippen LogP contribution in [0.25, 0.3) is 0 Å². The van der Waals surface area contributed by atoms with Crippen LogP contribution in [0.1, 0.15) is 25.6 Å². The Morgan fingerprint density at radius 2 is 2.06 bits per heavy atom. The van der Waals surface area contributed by atoms with Gasteiger partial charge in [0.05, 0.1) is 27.2 Å². The van der Waals surface area contributed by atoms with Gasteiger partial charge in [0.1, 0.15) is 0 Å². The average molecular weight is 324 g/mol. The zero-order valence-corrected chi connectivity index (χ0v) is 13.1. The van der Waals surface area contributed by atoms with Gasteiger partial charge >= 0.3 is 0 Å². The number of aromatic nitrogens is 2. The van der Waals surface area contributed by atoms with Gasteiger partial charge in [-0.3, -0.25) is 4.68 Å². The van der Waals surface area contributed by atoms with Gasteiger partial charge < -0.3 is 5.32 Å². The quantitative estimate of drug-likeness (QED) is 0.906. The van der Waals surface area contributed by atoms with Crippen LogP contribution >= 0.6 is 15.9 Å². The monoisotopic (exact) mass is 323 g/mol. The lowest BCUT2D eigenvalue weighted by molar-refractivity contribution is 0.423. The summed E-state index contributed by atoms with van der Waals surface area (Å²) in [6.45, 7) is 3.42. The van der Waals surface area contributed by atoms with Crippen molar-refractivity contribution in [3.05, 3.63) is 16.4 Å². The first-order chi connectivity index (χ1) is 7.63. The molecule has 0 aliphatic carbocycles. The van der Waals surface area contributed by atoms with Gasteiger partial charge in [-0.1, -0.05) is 0 Å². The summed E-state index contributed by atoms with van der Waals surface area (Å²) in [7, 11) is 0.344. The maximum absolute atomic E-state index is 11.9. The number of rotatable bonds is 4. The Kier molecular flexibility index (Phi) is 4.05. The maximum atomic E-state index is 11.9. The van der Waals surface area contributed by atoms with E-state index >= 15 is 0 Å². The predicted molar refractivity (Wildman–Crippen MR) is 71.6 cm³/mol. The Morgan fingerprint density at radius 3 is 2.35 bits per heavy atom. The molecule has 1 aromatic rings. The highest BCUT2D eigenvalue weighted by molar-refractivity contribution is 9.10. The molecular formula is C10H18BrN3O2S. The van der Waals surface area contributed by atoms with Crippen LogP contribution < -0.4 is 5.32 Å². The van der Waals surface area contributed by atoms with Crippen molar-refractivity contribution in [2.45, 2.75) is 24.6 Å². The van der Waals surface area contributed by atoms with Gasteiger partial charge in [0.2, 0.25) is 0 Å². The van der Waals surface area contributed by atoms with Gasteiger partial charge in [0, 0.05) is 13.3 Å². The SMILES string of the molecule is CNC(c1c(Br)cnn1C)C(C)(C)S(C)(=O)=O. The van der Waals surface area contributed by atoms with Crippen molar-refractivity contribution < 1.29 is 8.42 Å². The molecule has 1 atom stereocenters.